The molecule has 0 fully saturated rings. The highest BCUT2D eigenvalue weighted by Crippen LogP contribution is 2.13. The zero-order chi connectivity index (χ0) is 16.0. The number of benzene rings is 1. The maximum atomic E-state index is 12.1. The van der Waals surface area contributed by atoms with Crippen molar-refractivity contribution in [2.24, 2.45) is 5.92 Å². The molecule has 0 aromatic heterocycles. The van der Waals surface area contributed by atoms with Crippen LogP contribution in [0.5, 0.6) is 0 Å². The topological polar surface area (TPSA) is 69.6 Å². The third-order valence-electron chi connectivity index (χ3n) is 2.96. The van der Waals surface area contributed by atoms with E-state index in [9.17, 15) is 9.59 Å². The van der Waals surface area contributed by atoms with Crippen LogP contribution in [0.2, 0.25) is 0 Å². The second-order valence-corrected chi connectivity index (χ2v) is 6.37. The molecule has 0 aliphatic rings. The number of halogens is 1. The van der Waals surface area contributed by atoms with Crippen molar-refractivity contribution in [1.82, 2.24) is 10.2 Å². The van der Waals surface area contributed by atoms with Gasteiger partial charge in [0, 0.05) is 18.1 Å². The number of carbonyl (C=O) groups is 2. The highest BCUT2D eigenvalue weighted by atomic mass is 79.9. The summed E-state index contributed by atoms with van der Waals surface area (Å²) in [5, 5.41) is 11.7. The average molecular weight is 357 g/mol. The Morgan fingerprint density at radius 2 is 2.05 bits per heavy atom. The summed E-state index contributed by atoms with van der Waals surface area (Å²) in [7, 11) is 1.64. The zero-order valence-electron chi connectivity index (χ0n) is 12.5. The molecule has 0 heterocycles. The highest BCUT2D eigenvalue weighted by molar-refractivity contribution is 9.10. The maximum Gasteiger partial charge on any atom is 0.326 e. The fourth-order valence-electron chi connectivity index (χ4n) is 1.93. The minimum Gasteiger partial charge on any atom is -0.480 e. The maximum absolute atomic E-state index is 12.1. The molecule has 0 aliphatic heterocycles. The lowest BCUT2D eigenvalue weighted by molar-refractivity contribution is -0.139. The van der Waals surface area contributed by atoms with Crippen molar-refractivity contribution in [2.45, 2.75) is 32.9 Å². The summed E-state index contributed by atoms with van der Waals surface area (Å²) in [4.78, 5) is 24.7. The van der Waals surface area contributed by atoms with Gasteiger partial charge in [-0.05, 0) is 30.0 Å². The van der Waals surface area contributed by atoms with Gasteiger partial charge in [-0.2, -0.15) is 0 Å². The Hall–Kier alpha value is -1.56. The smallest absolute Gasteiger partial charge is 0.326 e. The van der Waals surface area contributed by atoms with Gasteiger partial charge in [-0.25, -0.2) is 9.59 Å². The van der Waals surface area contributed by atoms with Gasteiger partial charge < -0.3 is 15.3 Å². The van der Waals surface area contributed by atoms with Gasteiger partial charge in [0.2, 0.25) is 0 Å². The molecule has 116 valence electrons. The van der Waals surface area contributed by atoms with E-state index in [1.807, 2.05) is 38.1 Å². The van der Waals surface area contributed by atoms with Gasteiger partial charge in [0.1, 0.15) is 6.04 Å². The van der Waals surface area contributed by atoms with E-state index < -0.39 is 12.0 Å². The van der Waals surface area contributed by atoms with E-state index in [1.54, 1.807) is 7.05 Å². The number of carboxylic acids is 1. The van der Waals surface area contributed by atoms with Crippen LogP contribution in [0.1, 0.15) is 25.8 Å². The third kappa shape index (κ3) is 6.16. The minimum atomic E-state index is -1.01. The van der Waals surface area contributed by atoms with E-state index in [0.29, 0.717) is 13.0 Å². The first-order valence-electron chi connectivity index (χ1n) is 6.78. The third-order valence-corrected chi connectivity index (χ3v) is 3.45. The summed E-state index contributed by atoms with van der Waals surface area (Å²) in [6.45, 7) is 4.26. The van der Waals surface area contributed by atoms with Gasteiger partial charge >= 0.3 is 12.0 Å². The van der Waals surface area contributed by atoms with Gasteiger partial charge in [0.05, 0.1) is 0 Å². The largest absolute Gasteiger partial charge is 0.480 e. The first-order valence-corrected chi connectivity index (χ1v) is 7.57. The Kier molecular flexibility index (Phi) is 6.68. The number of urea groups is 1. The minimum absolute atomic E-state index is 0.196. The van der Waals surface area contributed by atoms with Crippen molar-refractivity contribution < 1.29 is 14.7 Å². The number of amides is 2. The van der Waals surface area contributed by atoms with Crippen LogP contribution in [-0.2, 0) is 11.3 Å². The van der Waals surface area contributed by atoms with E-state index in [-0.39, 0.29) is 11.9 Å². The van der Waals surface area contributed by atoms with Gasteiger partial charge in [-0.3, -0.25) is 0 Å². The van der Waals surface area contributed by atoms with Crippen molar-refractivity contribution in [3.05, 3.63) is 34.3 Å². The molecule has 1 rings (SSSR count). The summed E-state index contributed by atoms with van der Waals surface area (Å²) >= 11 is 3.38. The van der Waals surface area contributed by atoms with E-state index in [0.717, 1.165) is 10.0 Å². The Bertz CT molecular complexity index is 505. The van der Waals surface area contributed by atoms with Crippen LogP contribution in [0.4, 0.5) is 4.79 Å². The molecular formula is C15H21BrN2O3. The fraction of sp³-hybridized carbons (Fsp3) is 0.467. The molecule has 1 atom stereocenters. The molecule has 6 heteroatoms. The van der Waals surface area contributed by atoms with E-state index in [1.165, 1.54) is 4.90 Å². The van der Waals surface area contributed by atoms with Gasteiger partial charge in [-0.15, -0.1) is 0 Å². The van der Waals surface area contributed by atoms with E-state index >= 15 is 0 Å². The van der Waals surface area contributed by atoms with Crippen molar-refractivity contribution in [2.75, 3.05) is 7.05 Å². The molecule has 0 aliphatic carbocycles. The summed E-state index contributed by atoms with van der Waals surface area (Å²) < 4.78 is 0.942. The second kappa shape index (κ2) is 8.02. The molecule has 2 N–H and O–H groups in total. The molecule has 1 aromatic rings. The SMILES string of the molecule is CC(C)C[C@@H](NC(=O)N(C)Cc1cccc(Br)c1)C(=O)O. The molecular weight excluding hydrogens is 336 g/mol. The summed E-state index contributed by atoms with van der Waals surface area (Å²) in [6.07, 6.45) is 0.409. The normalized spacial score (nSPS) is 12.0. The second-order valence-electron chi connectivity index (χ2n) is 5.46. The molecule has 0 unspecified atom stereocenters. The number of rotatable bonds is 6. The lowest BCUT2D eigenvalue weighted by Gasteiger charge is -2.22. The highest BCUT2D eigenvalue weighted by Gasteiger charge is 2.22. The Balaban J connectivity index is 2.62. The number of hydrogen-bond acceptors (Lipinski definition) is 2. The van der Waals surface area contributed by atoms with Crippen LogP contribution in [-0.4, -0.2) is 35.1 Å². The fourth-order valence-corrected chi connectivity index (χ4v) is 2.38. The molecule has 0 radical (unpaired) electrons. The van der Waals surface area contributed by atoms with E-state index in [2.05, 4.69) is 21.2 Å². The molecule has 2 amide bonds. The van der Waals surface area contributed by atoms with Crippen LogP contribution < -0.4 is 5.32 Å². The van der Waals surface area contributed by atoms with Gasteiger partial charge in [0.25, 0.3) is 0 Å². The first kappa shape index (κ1) is 17.5. The number of nitrogens with one attached hydrogen (secondary N) is 1. The van der Waals surface area contributed by atoms with Crippen molar-refractivity contribution in [3.63, 3.8) is 0 Å². The lowest BCUT2D eigenvalue weighted by Crippen LogP contribution is -2.46. The van der Waals surface area contributed by atoms with Crippen molar-refractivity contribution in [3.8, 4) is 0 Å². The number of nitrogens with zero attached hydrogens (tertiary/aromatic N) is 1. The number of aliphatic carboxylic acids is 1. The summed E-state index contributed by atoms with van der Waals surface area (Å²) in [5.74, 6) is -0.810. The molecule has 0 saturated carbocycles. The number of hydrogen-bond donors (Lipinski definition) is 2. The Labute approximate surface area is 133 Å². The molecule has 0 saturated heterocycles. The van der Waals surface area contributed by atoms with Gasteiger partial charge in [0.15, 0.2) is 0 Å². The predicted octanol–water partition coefficient (Wildman–Crippen LogP) is 3.09. The molecule has 1 aromatic carbocycles. The number of carboxylic acid groups (broad SMARTS) is 1. The van der Waals surface area contributed by atoms with E-state index in [4.69, 9.17) is 5.11 Å². The summed E-state index contributed by atoms with van der Waals surface area (Å²) in [6, 6.07) is 6.39. The lowest BCUT2D eigenvalue weighted by atomic mass is 10.0. The quantitative estimate of drug-likeness (QED) is 0.822. The zero-order valence-corrected chi connectivity index (χ0v) is 14.1. The monoisotopic (exact) mass is 356 g/mol. The standard InChI is InChI=1S/C15H21BrN2O3/c1-10(2)7-13(14(19)20)17-15(21)18(3)9-11-5-4-6-12(16)8-11/h4-6,8,10,13H,7,9H2,1-3H3,(H,17,21)(H,19,20)/t13-/m1/s1. The Morgan fingerprint density at radius 3 is 2.57 bits per heavy atom. The molecule has 0 spiro atoms. The molecule has 5 nitrogen and oxygen atoms in total. The average Bonchev–Trinajstić information content (AvgIpc) is 2.37. The Morgan fingerprint density at radius 1 is 1.38 bits per heavy atom. The first-order chi connectivity index (χ1) is 9.79. The van der Waals surface area contributed by atoms with Gasteiger partial charge in [-0.1, -0.05) is 41.9 Å². The van der Waals surface area contributed by atoms with Crippen LogP contribution in [0.25, 0.3) is 0 Å². The molecule has 21 heavy (non-hydrogen) atoms. The van der Waals surface area contributed by atoms with Crippen molar-refractivity contribution >= 4 is 27.9 Å². The summed E-state index contributed by atoms with van der Waals surface area (Å²) in [5.41, 5.74) is 0.970. The predicted molar refractivity (Wildman–Crippen MR) is 85.0 cm³/mol. The van der Waals surface area contributed by atoms with Crippen LogP contribution in [0.3, 0.4) is 0 Å². The number of carbonyl (C=O) groups excluding carboxylic acids is 1. The van der Waals surface area contributed by atoms with Crippen LogP contribution >= 0.6 is 15.9 Å². The van der Waals surface area contributed by atoms with Crippen molar-refractivity contribution in [1.29, 1.82) is 0 Å². The van der Waals surface area contributed by atoms with Crippen LogP contribution in [0, 0.1) is 5.92 Å². The van der Waals surface area contributed by atoms with Crippen LogP contribution in [0.15, 0.2) is 28.7 Å². The molecule has 0 bridgehead atoms.